The molecule has 1 fully saturated rings. The molecule has 0 saturated carbocycles. The molecule has 18 heavy (non-hydrogen) atoms. The first-order chi connectivity index (χ1) is 8.59. The van der Waals surface area contributed by atoms with Crippen LogP contribution in [0.1, 0.15) is 5.56 Å². The first-order valence-electron chi connectivity index (χ1n) is 5.86. The van der Waals surface area contributed by atoms with Crippen LogP contribution >= 0.6 is 0 Å². The van der Waals surface area contributed by atoms with E-state index in [-0.39, 0.29) is 6.03 Å². The van der Waals surface area contributed by atoms with Crippen molar-refractivity contribution in [3.05, 3.63) is 23.8 Å². The second-order valence-corrected chi connectivity index (χ2v) is 5.79. The molecule has 1 aromatic carbocycles. The van der Waals surface area contributed by atoms with Gasteiger partial charge in [-0.25, -0.2) is 4.79 Å². The van der Waals surface area contributed by atoms with Crippen LogP contribution in [0, 0.1) is 6.92 Å². The van der Waals surface area contributed by atoms with Crippen molar-refractivity contribution in [1.29, 1.82) is 0 Å². The van der Waals surface area contributed by atoms with Crippen molar-refractivity contribution in [3.8, 4) is 0 Å². The highest BCUT2D eigenvalue weighted by Crippen LogP contribution is 2.20. The molecule has 2 rings (SSSR count). The summed E-state index contributed by atoms with van der Waals surface area (Å²) in [4.78, 5) is 13.7. The Kier molecular flexibility index (Phi) is 3.86. The molecule has 98 valence electrons. The van der Waals surface area contributed by atoms with Crippen molar-refractivity contribution in [2.45, 2.75) is 11.8 Å². The second kappa shape index (κ2) is 5.39. The Morgan fingerprint density at radius 3 is 2.94 bits per heavy atom. The molecule has 1 heterocycles. The van der Waals surface area contributed by atoms with E-state index in [1.165, 1.54) is 0 Å². The zero-order valence-electron chi connectivity index (χ0n) is 10.3. The fourth-order valence-electron chi connectivity index (χ4n) is 1.88. The molecule has 3 N–H and O–H groups in total. The lowest BCUT2D eigenvalue weighted by atomic mass is 10.2. The highest BCUT2D eigenvalue weighted by atomic mass is 32.2. The normalized spacial score (nSPS) is 16.7. The van der Waals surface area contributed by atoms with E-state index in [4.69, 9.17) is 5.73 Å². The van der Waals surface area contributed by atoms with Gasteiger partial charge in [0.2, 0.25) is 0 Å². The number of carbonyl (C=O) groups excluding carboxylic acids is 1. The summed E-state index contributed by atoms with van der Waals surface area (Å²) in [5.41, 5.74) is 7.42. The molecule has 1 unspecified atom stereocenters. The number of nitrogens with one attached hydrogen (secondary N) is 1. The fraction of sp³-hybridized carbons (Fsp3) is 0.417. The second-order valence-electron chi connectivity index (χ2n) is 4.26. The van der Waals surface area contributed by atoms with Crippen LogP contribution in [0.4, 0.5) is 10.5 Å². The van der Waals surface area contributed by atoms with Crippen molar-refractivity contribution in [2.24, 2.45) is 0 Å². The average Bonchev–Trinajstić information content (AvgIpc) is 2.75. The third-order valence-electron chi connectivity index (χ3n) is 3.02. The van der Waals surface area contributed by atoms with Gasteiger partial charge in [-0.3, -0.25) is 4.21 Å². The summed E-state index contributed by atoms with van der Waals surface area (Å²) in [5, 5.41) is 2.72. The molecule has 1 aromatic rings. The van der Waals surface area contributed by atoms with Crippen LogP contribution in [0.25, 0.3) is 0 Å². The van der Waals surface area contributed by atoms with E-state index in [2.05, 4.69) is 5.32 Å². The third-order valence-corrected chi connectivity index (χ3v) is 4.42. The molecule has 2 amide bonds. The Bertz CT molecular complexity index is 490. The van der Waals surface area contributed by atoms with Gasteiger partial charge in [0, 0.05) is 25.4 Å². The van der Waals surface area contributed by atoms with Gasteiger partial charge in [0.25, 0.3) is 0 Å². The number of para-hydroxylation sites is 1. The van der Waals surface area contributed by atoms with E-state index >= 15 is 0 Å². The number of nitrogens with zero attached hydrogens (tertiary/aromatic N) is 1. The van der Waals surface area contributed by atoms with Crippen LogP contribution in [0.15, 0.2) is 23.1 Å². The summed E-state index contributed by atoms with van der Waals surface area (Å²) >= 11 is 0. The molecule has 1 aliphatic heterocycles. The zero-order valence-corrected chi connectivity index (χ0v) is 11.1. The van der Waals surface area contributed by atoms with Crippen LogP contribution in [0.3, 0.4) is 0 Å². The number of urea groups is 1. The number of anilines is 1. The van der Waals surface area contributed by atoms with Crippen LogP contribution in [0.2, 0.25) is 0 Å². The maximum atomic E-state index is 12.2. The maximum Gasteiger partial charge on any atom is 0.317 e. The van der Waals surface area contributed by atoms with Crippen LogP contribution < -0.4 is 11.1 Å². The molecule has 6 heteroatoms. The van der Waals surface area contributed by atoms with E-state index in [0.29, 0.717) is 36.0 Å². The molecule has 1 aliphatic rings. The molecule has 0 aliphatic carbocycles. The largest absolute Gasteiger partial charge is 0.398 e. The van der Waals surface area contributed by atoms with Gasteiger partial charge in [-0.15, -0.1) is 0 Å². The number of rotatable bonds is 4. The van der Waals surface area contributed by atoms with E-state index < -0.39 is 10.8 Å². The first-order valence-corrected chi connectivity index (χ1v) is 7.17. The van der Waals surface area contributed by atoms with Gasteiger partial charge in [-0.1, -0.05) is 12.1 Å². The van der Waals surface area contributed by atoms with Crippen molar-refractivity contribution in [3.63, 3.8) is 0 Å². The zero-order chi connectivity index (χ0) is 13.1. The van der Waals surface area contributed by atoms with E-state index in [0.717, 1.165) is 5.56 Å². The lowest BCUT2D eigenvalue weighted by molar-refractivity contribution is 0.220. The Morgan fingerprint density at radius 2 is 2.28 bits per heavy atom. The van der Waals surface area contributed by atoms with Crippen molar-refractivity contribution in [1.82, 2.24) is 10.2 Å². The lowest BCUT2D eigenvalue weighted by Crippen LogP contribution is -2.31. The van der Waals surface area contributed by atoms with Gasteiger partial charge in [0.1, 0.15) is 0 Å². The van der Waals surface area contributed by atoms with Crippen molar-refractivity contribution >= 4 is 22.5 Å². The maximum absolute atomic E-state index is 12.2. The summed E-state index contributed by atoms with van der Waals surface area (Å²) in [6.45, 7) is 3.73. The standard InChI is InChI=1S/C12H17N3O2S/c1-9-3-2-4-10(11(9)13)18(17)8-7-15-6-5-14-12(15)16/h2-4H,5-8,13H2,1H3,(H,14,16). The first kappa shape index (κ1) is 12.9. The monoisotopic (exact) mass is 267 g/mol. The number of hydrogen-bond donors (Lipinski definition) is 2. The summed E-state index contributed by atoms with van der Waals surface area (Å²) in [5.74, 6) is 0.418. The molecule has 0 radical (unpaired) electrons. The average molecular weight is 267 g/mol. The Morgan fingerprint density at radius 1 is 1.50 bits per heavy atom. The Balaban J connectivity index is 1.99. The highest BCUT2D eigenvalue weighted by Gasteiger charge is 2.20. The van der Waals surface area contributed by atoms with Gasteiger partial charge in [0.05, 0.1) is 21.4 Å². The molecule has 5 nitrogen and oxygen atoms in total. The number of benzene rings is 1. The number of aryl methyl sites for hydroxylation is 1. The minimum absolute atomic E-state index is 0.0794. The summed E-state index contributed by atoms with van der Waals surface area (Å²) in [6.07, 6.45) is 0. The summed E-state index contributed by atoms with van der Waals surface area (Å²) in [7, 11) is -1.16. The number of hydrogen-bond acceptors (Lipinski definition) is 3. The van der Waals surface area contributed by atoms with Crippen LogP contribution in [-0.4, -0.2) is 40.5 Å². The molecule has 1 atom stereocenters. The molecule has 0 bridgehead atoms. The van der Waals surface area contributed by atoms with Gasteiger partial charge >= 0.3 is 6.03 Å². The predicted octanol–water partition coefficient (Wildman–Crippen LogP) is 0.710. The van der Waals surface area contributed by atoms with E-state index in [9.17, 15) is 9.00 Å². The molecule has 0 aromatic heterocycles. The number of nitrogens with two attached hydrogens (primary N) is 1. The molecule has 0 spiro atoms. The van der Waals surface area contributed by atoms with Crippen molar-refractivity contribution < 1.29 is 9.00 Å². The van der Waals surface area contributed by atoms with Gasteiger partial charge < -0.3 is 16.0 Å². The summed E-state index contributed by atoms with van der Waals surface area (Å²) < 4.78 is 12.2. The van der Waals surface area contributed by atoms with Crippen LogP contribution in [0.5, 0.6) is 0 Å². The fourth-order valence-corrected chi connectivity index (χ4v) is 3.12. The summed E-state index contributed by atoms with van der Waals surface area (Å²) in [6, 6.07) is 5.44. The predicted molar refractivity (Wildman–Crippen MR) is 71.8 cm³/mol. The number of amides is 2. The Hall–Kier alpha value is -1.56. The number of nitrogen functional groups attached to an aromatic ring is 1. The minimum Gasteiger partial charge on any atom is -0.398 e. The van der Waals surface area contributed by atoms with Gasteiger partial charge in [-0.2, -0.15) is 0 Å². The van der Waals surface area contributed by atoms with Crippen LogP contribution in [-0.2, 0) is 10.8 Å². The van der Waals surface area contributed by atoms with Crippen molar-refractivity contribution in [2.75, 3.05) is 31.1 Å². The van der Waals surface area contributed by atoms with E-state index in [1.807, 2.05) is 19.1 Å². The minimum atomic E-state index is -1.16. The van der Waals surface area contributed by atoms with Gasteiger partial charge in [0.15, 0.2) is 0 Å². The quantitative estimate of drug-likeness (QED) is 0.789. The molecular formula is C12H17N3O2S. The molecular weight excluding hydrogens is 250 g/mol. The Labute approximate surface area is 109 Å². The smallest absolute Gasteiger partial charge is 0.317 e. The SMILES string of the molecule is Cc1cccc(S(=O)CCN2CCNC2=O)c1N. The van der Waals surface area contributed by atoms with E-state index in [1.54, 1.807) is 11.0 Å². The lowest BCUT2D eigenvalue weighted by Gasteiger charge is -2.14. The topological polar surface area (TPSA) is 75.4 Å². The van der Waals surface area contributed by atoms with Gasteiger partial charge in [-0.05, 0) is 18.6 Å². The molecule has 1 saturated heterocycles. The number of carbonyl (C=O) groups is 1. The highest BCUT2D eigenvalue weighted by molar-refractivity contribution is 7.85. The third kappa shape index (κ3) is 2.64.